The molecule has 1 N–H and O–H groups in total. The van der Waals surface area contributed by atoms with Crippen molar-refractivity contribution < 1.29 is 28.6 Å². The van der Waals surface area contributed by atoms with Gasteiger partial charge in [0.05, 0.1) is 16.4 Å². The van der Waals surface area contributed by atoms with Crippen LogP contribution in [0.1, 0.15) is 60.8 Å². The molecule has 5 nitrogen and oxygen atoms in total. The third-order valence-corrected chi connectivity index (χ3v) is 10.2. The molecule has 0 amide bonds. The van der Waals surface area contributed by atoms with Gasteiger partial charge in [-0.3, -0.25) is 14.4 Å². The first-order chi connectivity index (χ1) is 15.6. The van der Waals surface area contributed by atoms with Gasteiger partial charge in [-0.25, -0.2) is 4.39 Å². The molecule has 0 aromatic carbocycles. The quantitative estimate of drug-likeness (QED) is 0.458. The van der Waals surface area contributed by atoms with E-state index < -0.39 is 45.3 Å². The van der Waals surface area contributed by atoms with Crippen molar-refractivity contribution in [3.63, 3.8) is 0 Å². The molecule has 4 aliphatic rings. The second-order valence-electron chi connectivity index (χ2n) is 12.4. The third-order valence-electron chi connectivity index (χ3n) is 9.27. The lowest BCUT2D eigenvalue weighted by Gasteiger charge is -2.63. The van der Waals surface area contributed by atoms with Gasteiger partial charge < -0.3 is 9.84 Å². The molecule has 7 heteroatoms. The number of hydrogen-bond acceptors (Lipinski definition) is 5. The Kier molecular flexibility index (Phi) is 6.01. The fraction of sp³-hybridized carbons (Fsp3) is 0.741. The van der Waals surface area contributed by atoms with Crippen LogP contribution in [0, 0.1) is 39.9 Å². The topological polar surface area (TPSA) is 80.7 Å². The van der Waals surface area contributed by atoms with Crippen LogP contribution in [0.25, 0.3) is 0 Å². The van der Waals surface area contributed by atoms with E-state index in [2.05, 4.69) is 0 Å². The maximum Gasteiger partial charge on any atom is 0.311 e. The normalized spacial score (nSPS) is 45.7. The Morgan fingerprint density at radius 2 is 1.88 bits per heavy atom. The Morgan fingerprint density at radius 1 is 1.24 bits per heavy atom. The summed E-state index contributed by atoms with van der Waals surface area (Å²) in [6.45, 7) is 10.7. The number of halogens is 2. The van der Waals surface area contributed by atoms with E-state index >= 15 is 4.39 Å². The maximum absolute atomic E-state index is 15.5. The van der Waals surface area contributed by atoms with Crippen LogP contribution < -0.4 is 0 Å². The summed E-state index contributed by atoms with van der Waals surface area (Å²) in [4.78, 5) is 36.4. The Morgan fingerprint density at radius 3 is 2.50 bits per heavy atom. The van der Waals surface area contributed by atoms with Crippen molar-refractivity contribution in [2.45, 2.75) is 78.0 Å². The summed E-state index contributed by atoms with van der Waals surface area (Å²) < 4.78 is 20.9. The molecule has 0 bridgehead atoms. The van der Waals surface area contributed by atoms with Gasteiger partial charge in [0.2, 0.25) is 0 Å². The fourth-order valence-corrected chi connectivity index (χ4v) is 8.19. The predicted octanol–water partition coefficient (Wildman–Crippen LogP) is 4.60. The molecule has 0 aromatic rings. The van der Waals surface area contributed by atoms with E-state index in [9.17, 15) is 19.5 Å². The molecule has 0 unspecified atom stereocenters. The minimum atomic E-state index is -1.34. The monoisotopic (exact) mass is 494 g/mol. The van der Waals surface area contributed by atoms with E-state index in [4.69, 9.17) is 16.3 Å². The summed E-state index contributed by atoms with van der Waals surface area (Å²) in [6, 6.07) is 0. The van der Waals surface area contributed by atoms with E-state index in [1.165, 1.54) is 12.2 Å². The Labute approximate surface area is 206 Å². The molecule has 188 valence electrons. The first-order valence-corrected chi connectivity index (χ1v) is 12.6. The molecule has 0 saturated heterocycles. The summed E-state index contributed by atoms with van der Waals surface area (Å²) >= 11 is 7.34. The van der Waals surface area contributed by atoms with Gasteiger partial charge in [-0.1, -0.05) is 26.8 Å². The van der Waals surface area contributed by atoms with Gasteiger partial charge in [-0.15, -0.1) is 11.6 Å². The number of Topliss-reactive ketones (excluding diaryl/α,β-unsaturated/α-hetero) is 1. The van der Waals surface area contributed by atoms with Crippen molar-refractivity contribution in [2.75, 3.05) is 6.61 Å². The molecule has 0 spiro atoms. The molecule has 4 aliphatic carbocycles. The van der Waals surface area contributed by atoms with E-state index in [1.807, 2.05) is 20.8 Å². The van der Waals surface area contributed by atoms with Crippen LogP contribution in [-0.4, -0.2) is 46.4 Å². The zero-order valence-corrected chi connectivity index (χ0v) is 21.6. The highest BCUT2D eigenvalue weighted by Gasteiger charge is 2.71. The third kappa shape index (κ3) is 3.46. The van der Waals surface area contributed by atoms with Gasteiger partial charge in [0.15, 0.2) is 11.6 Å². The molecular weight excluding hydrogens is 459 g/mol. The number of fused-ring (bicyclic) bond motifs is 5. The predicted molar refractivity (Wildman–Crippen MR) is 127 cm³/mol. The van der Waals surface area contributed by atoms with E-state index in [0.717, 1.165) is 0 Å². The number of carbonyl (C=O) groups excluding carboxylic acids is 3. The van der Waals surface area contributed by atoms with Crippen LogP contribution in [0.3, 0.4) is 0 Å². The second kappa shape index (κ2) is 7.99. The largest absolute Gasteiger partial charge is 0.457 e. The van der Waals surface area contributed by atoms with Crippen molar-refractivity contribution in [3.05, 3.63) is 23.8 Å². The highest BCUT2D eigenvalue weighted by molar-refractivity contribution is 6.26. The zero-order valence-electron chi connectivity index (χ0n) is 20.9. The van der Waals surface area contributed by atoms with Crippen LogP contribution >= 0.6 is 11.6 Å². The van der Waals surface area contributed by atoms with Crippen molar-refractivity contribution in [2.24, 2.45) is 39.9 Å². The Balaban J connectivity index is 1.67. The van der Waals surface area contributed by atoms with Crippen molar-refractivity contribution in [1.29, 1.82) is 0 Å². The summed E-state index contributed by atoms with van der Waals surface area (Å²) in [5, 5.41) is 11.5. The van der Waals surface area contributed by atoms with Gasteiger partial charge in [0.1, 0.15) is 12.8 Å². The number of aliphatic hydroxyl groups is 1. The average molecular weight is 495 g/mol. The second-order valence-corrected chi connectivity index (χ2v) is 13.1. The highest BCUT2D eigenvalue weighted by Crippen LogP contribution is 2.70. The molecule has 0 aliphatic heterocycles. The molecule has 3 fully saturated rings. The number of hydrogen-bond donors (Lipinski definition) is 1. The number of allylic oxidation sites excluding steroid dienone is 4. The van der Waals surface area contributed by atoms with Gasteiger partial charge in [-0.05, 0) is 80.9 Å². The molecule has 3 saturated carbocycles. The molecular formula is C27H36ClFO5. The lowest BCUT2D eigenvalue weighted by Crippen LogP contribution is -2.67. The van der Waals surface area contributed by atoms with Crippen LogP contribution in [0.5, 0.6) is 0 Å². The van der Waals surface area contributed by atoms with Gasteiger partial charge >= 0.3 is 5.97 Å². The SMILES string of the molecule is C[C@H]1C[C@H]2[C@@H]3C[C@H](F)C4=CC(=O)C=C[C@]4(C)[C@@]3(Cl)[C@@H](O)C[C@]2(C)[C@H]1C(=O)COC(=O)C(C)(C)C. The molecule has 0 heterocycles. The average Bonchev–Trinajstić information content (AvgIpc) is 2.99. The first kappa shape index (κ1) is 25.6. The summed E-state index contributed by atoms with van der Waals surface area (Å²) in [7, 11) is 0. The zero-order chi connectivity index (χ0) is 25.4. The molecule has 34 heavy (non-hydrogen) atoms. The fourth-order valence-electron chi connectivity index (χ4n) is 7.70. The first-order valence-electron chi connectivity index (χ1n) is 12.2. The molecule has 9 atom stereocenters. The van der Waals surface area contributed by atoms with Crippen molar-refractivity contribution in [3.8, 4) is 0 Å². The number of alkyl halides is 2. The number of carbonyl (C=O) groups is 3. The van der Waals surface area contributed by atoms with Gasteiger partial charge in [-0.2, -0.15) is 0 Å². The molecule has 4 rings (SSSR count). The lowest BCUT2D eigenvalue weighted by atomic mass is 9.46. The van der Waals surface area contributed by atoms with Crippen LogP contribution in [0.2, 0.25) is 0 Å². The molecule has 0 aromatic heterocycles. The number of ether oxygens (including phenoxy) is 1. The number of ketones is 2. The van der Waals surface area contributed by atoms with Gasteiger partial charge in [0.25, 0.3) is 0 Å². The minimum absolute atomic E-state index is 0.0201. The van der Waals surface area contributed by atoms with Crippen molar-refractivity contribution >= 4 is 29.1 Å². The summed E-state index contributed by atoms with van der Waals surface area (Å²) in [5.74, 6) is -1.77. The van der Waals surface area contributed by atoms with Gasteiger partial charge in [0, 0.05) is 11.3 Å². The number of esters is 1. The number of aliphatic hydroxyl groups excluding tert-OH is 1. The summed E-state index contributed by atoms with van der Waals surface area (Å²) in [5.41, 5.74) is -1.97. The standard InChI is InChI=1S/C27H36ClFO5/c1-14-9-16-17-11-19(29)18-10-15(30)7-8-26(18,6)27(17,28)21(32)12-25(16,5)22(14)20(31)13-34-23(33)24(2,3)4/h7-8,10,14,16-17,19,21-22,32H,9,11-13H2,1-6H3/t14-,16-,17-,19-,21-,22+,25-,26-,27-/m0/s1. The van der Waals surface area contributed by atoms with Crippen LogP contribution in [0.15, 0.2) is 23.8 Å². The number of rotatable bonds is 3. The Hall–Kier alpha value is -1.53. The van der Waals surface area contributed by atoms with Crippen molar-refractivity contribution in [1.82, 2.24) is 0 Å². The lowest BCUT2D eigenvalue weighted by molar-refractivity contribution is -0.159. The summed E-state index contributed by atoms with van der Waals surface area (Å²) in [6.07, 6.45) is 3.13. The smallest absolute Gasteiger partial charge is 0.311 e. The minimum Gasteiger partial charge on any atom is -0.457 e. The van der Waals surface area contributed by atoms with Crippen LogP contribution in [-0.2, 0) is 19.1 Å². The molecule has 0 radical (unpaired) electrons. The van der Waals surface area contributed by atoms with E-state index in [1.54, 1.807) is 26.8 Å². The Bertz CT molecular complexity index is 982. The van der Waals surface area contributed by atoms with E-state index in [-0.39, 0.29) is 48.8 Å². The maximum atomic E-state index is 15.5. The van der Waals surface area contributed by atoms with Crippen LogP contribution in [0.4, 0.5) is 4.39 Å². The van der Waals surface area contributed by atoms with E-state index in [0.29, 0.717) is 12.0 Å². The highest BCUT2D eigenvalue weighted by atomic mass is 35.5.